The van der Waals surface area contributed by atoms with Crippen molar-refractivity contribution >= 4 is 48.8 Å². The van der Waals surface area contributed by atoms with E-state index in [-0.39, 0.29) is 10.0 Å². The predicted octanol–water partition coefficient (Wildman–Crippen LogP) is 1.62. The topological polar surface area (TPSA) is 90.0 Å². The Morgan fingerprint density at radius 1 is 1.45 bits per heavy atom. The van der Waals surface area contributed by atoms with Crippen LogP contribution in [0.25, 0.3) is 0 Å². The Balaban J connectivity index is 2.36. The molecule has 0 aliphatic rings. The van der Waals surface area contributed by atoms with E-state index in [1.165, 1.54) is 16.9 Å². The number of thiocarbonyl (C=S) groups is 1. The number of halogens is 1. The third kappa shape index (κ3) is 3.00. The van der Waals surface area contributed by atoms with Crippen molar-refractivity contribution in [1.29, 1.82) is 0 Å². The van der Waals surface area contributed by atoms with Crippen molar-refractivity contribution in [3.05, 3.63) is 40.5 Å². The number of sulfonamides is 1. The molecule has 20 heavy (non-hydrogen) atoms. The van der Waals surface area contributed by atoms with Crippen LogP contribution in [0.1, 0.15) is 5.56 Å². The summed E-state index contributed by atoms with van der Waals surface area (Å²) >= 11 is 8.15. The Bertz CT molecular complexity index is 770. The predicted molar refractivity (Wildman–Crippen MR) is 84.0 cm³/mol. The monoisotopic (exact) mass is 374 g/mol. The van der Waals surface area contributed by atoms with E-state index in [0.29, 0.717) is 15.7 Å². The van der Waals surface area contributed by atoms with Gasteiger partial charge < -0.3 is 5.73 Å². The Labute approximate surface area is 130 Å². The van der Waals surface area contributed by atoms with E-state index in [9.17, 15) is 8.42 Å². The van der Waals surface area contributed by atoms with Crippen LogP contribution in [0, 0.1) is 0 Å². The normalized spacial score (nSPS) is 11.3. The molecule has 1 heterocycles. The molecule has 106 valence electrons. The molecule has 0 radical (unpaired) electrons. The van der Waals surface area contributed by atoms with Gasteiger partial charge in [0.1, 0.15) is 4.99 Å². The summed E-state index contributed by atoms with van der Waals surface area (Å²) in [5.74, 6) is 0. The largest absolute Gasteiger partial charge is 0.389 e. The molecule has 0 aliphatic carbocycles. The van der Waals surface area contributed by atoms with Crippen LogP contribution in [0.3, 0.4) is 0 Å². The highest BCUT2D eigenvalue weighted by atomic mass is 79.9. The van der Waals surface area contributed by atoms with Gasteiger partial charge in [-0.05, 0) is 40.2 Å². The smallest absolute Gasteiger partial charge is 0.279 e. The molecule has 0 atom stereocenters. The Hall–Kier alpha value is -1.45. The van der Waals surface area contributed by atoms with E-state index in [0.717, 1.165) is 0 Å². The molecular formula is C11H11BrN4O2S2. The lowest BCUT2D eigenvalue weighted by molar-refractivity contribution is 0.582. The number of benzene rings is 1. The summed E-state index contributed by atoms with van der Waals surface area (Å²) in [7, 11) is -2.14. The first-order valence-electron chi connectivity index (χ1n) is 5.41. The number of hydrogen-bond acceptors (Lipinski definition) is 4. The summed E-state index contributed by atoms with van der Waals surface area (Å²) in [6.07, 6.45) is 1.42. The molecule has 0 saturated carbocycles. The van der Waals surface area contributed by atoms with Gasteiger partial charge in [0.15, 0.2) is 5.03 Å². The molecule has 0 aliphatic heterocycles. The van der Waals surface area contributed by atoms with Crippen LogP contribution in [0.15, 0.2) is 40.0 Å². The molecule has 1 aromatic heterocycles. The Morgan fingerprint density at radius 3 is 2.65 bits per heavy atom. The van der Waals surface area contributed by atoms with E-state index in [1.807, 2.05) is 0 Å². The maximum atomic E-state index is 12.2. The Kier molecular flexibility index (Phi) is 4.11. The van der Waals surface area contributed by atoms with Crippen LogP contribution in [0.4, 0.5) is 5.69 Å². The maximum Gasteiger partial charge on any atom is 0.279 e. The third-order valence-corrected chi connectivity index (χ3v) is 4.88. The van der Waals surface area contributed by atoms with Gasteiger partial charge in [0.2, 0.25) is 0 Å². The lowest BCUT2D eigenvalue weighted by atomic mass is 10.2. The summed E-state index contributed by atoms with van der Waals surface area (Å²) in [6.45, 7) is 0. The van der Waals surface area contributed by atoms with Gasteiger partial charge in [-0.25, -0.2) is 0 Å². The molecule has 0 spiro atoms. The highest BCUT2D eigenvalue weighted by molar-refractivity contribution is 9.10. The van der Waals surface area contributed by atoms with Crippen LogP contribution >= 0.6 is 28.1 Å². The van der Waals surface area contributed by atoms with Gasteiger partial charge in [0.25, 0.3) is 10.0 Å². The van der Waals surface area contributed by atoms with Gasteiger partial charge in [-0.3, -0.25) is 9.40 Å². The zero-order chi connectivity index (χ0) is 14.9. The SMILES string of the molecule is Cn1nccc1S(=O)(=O)Nc1ccc(C(N)=S)cc1Br. The van der Waals surface area contributed by atoms with Crippen molar-refractivity contribution in [2.75, 3.05) is 4.72 Å². The second-order valence-electron chi connectivity index (χ2n) is 3.96. The van der Waals surface area contributed by atoms with E-state index in [2.05, 4.69) is 25.8 Å². The van der Waals surface area contributed by atoms with E-state index >= 15 is 0 Å². The molecule has 2 rings (SSSR count). The van der Waals surface area contributed by atoms with Gasteiger partial charge >= 0.3 is 0 Å². The second-order valence-corrected chi connectivity index (χ2v) is 6.88. The molecule has 0 saturated heterocycles. The summed E-state index contributed by atoms with van der Waals surface area (Å²) in [6, 6.07) is 6.31. The minimum atomic E-state index is -3.70. The fourth-order valence-corrected chi connectivity index (χ4v) is 3.52. The van der Waals surface area contributed by atoms with Gasteiger partial charge in [-0.15, -0.1) is 0 Å². The second kappa shape index (κ2) is 5.51. The number of nitrogens with zero attached hydrogens (tertiary/aromatic N) is 2. The zero-order valence-electron chi connectivity index (χ0n) is 10.4. The number of rotatable bonds is 4. The summed E-state index contributed by atoms with van der Waals surface area (Å²) in [4.78, 5) is 0.242. The number of anilines is 1. The number of nitrogens with two attached hydrogens (primary N) is 1. The zero-order valence-corrected chi connectivity index (χ0v) is 13.6. The van der Waals surface area contributed by atoms with Crippen LogP contribution in [0.5, 0.6) is 0 Å². The average Bonchev–Trinajstić information content (AvgIpc) is 2.78. The fourth-order valence-electron chi connectivity index (χ4n) is 1.57. The molecule has 0 amide bonds. The molecule has 2 aromatic rings. The lowest BCUT2D eigenvalue weighted by Crippen LogP contribution is -2.17. The summed E-state index contributed by atoms with van der Waals surface area (Å²) in [5.41, 5.74) is 6.56. The Morgan fingerprint density at radius 2 is 2.15 bits per heavy atom. The minimum Gasteiger partial charge on any atom is -0.389 e. The number of aromatic nitrogens is 2. The van der Waals surface area contributed by atoms with Crippen molar-refractivity contribution in [3.63, 3.8) is 0 Å². The quantitative estimate of drug-likeness (QED) is 0.793. The first-order chi connectivity index (χ1) is 9.31. The lowest BCUT2D eigenvalue weighted by Gasteiger charge is -2.10. The standard InChI is InChI=1S/C11H11BrN4O2S2/c1-16-10(4-5-14-16)20(17,18)15-9-3-2-7(11(13)19)6-8(9)12/h2-6,15H,1H3,(H2,13,19). The van der Waals surface area contributed by atoms with Crippen molar-refractivity contribution < 1.29 is 8.42 Å². The first kappa shape index (κ1) is 14.9. The van der Waals surface area contributed by atoms with Crippen LogP contribution in [-0.2, 0) is 17.1 Å². The van der Waals surface area contributed by atoms with Gasteiger partial charge in [0, 0.05) is 17.1 Å². The number of nitrogens with one attached hydrogen (secondary N) is 1. The van der Waals surface area contributed by atoms with Crippen LogP contribution in [0.2, 0.25) is 0 Å². The summed E-state index contributed by atoms with van der Waals surface area (Å²) < 4.78 is 28.7. The molecule has 3 N–H and O–H groups in total. The molecule has 9 heteroatoms. The third-order valence-electron chi connectivity index (χ3n) is 2.55. The van der Waals surface area contributed by atoms with Crippen molar-refractivity contribution in [1.82, 2.24) is 9.78 Å². The van der Waals surface area contributed by atoms with Crippen LogP contribution in [-0.4, -0.2) is 23.2 Å². The summed E-state index contributed by atoms with van der Waals surface area (Å²) in [5, 5.41) is 3.91. The molecule has 6 nitrogen and oxygen atoms in total. The van der Waals surface area contributed by atoms with Gasteiger partial charge in [0.05, 0.1) is 11.9 Å². The maximum absolute atomic E-state index is 12.2. The van der Waals surface area contributed by atoms with Gasteiger partial charge in [-0.1, -0.05) is 12.2 Å². The first-order valence-corrected chi connectivity index (χ1v) is 8.10. The highest BCUT2D eigenvalue weighted by Crippen LogP contribution is 2.26. The number of hydrogen-bond donors (Lipinski definition) is 2. The fraction of sp³-hybridized carbons (Fsp3) is 0.0909. The molecular weight excluding hydrogens is 364 g/mol. The van der Waals surface area contributed by atoms with Gasteiger partial charge in [-0.2, -0.15) is 13.5 Å². The van der Waals surface area contributed by atoms with Crippen LogP contribution < -0.4 is 10.5 Å². The average molecular weight is 375 g/mol. The van der Waals surface area contributed by atoms with E-state index in [4.69, 9.17) is 18.0 Å². The highest BCUT2D eigenvalue weighted by Gasteiger charge is 2.19. The van der Waals surface area contributed by atoms with Crippen molar-refractivity contribution in [2.45, 2.75) is 5.03 Å². The van der Waals surface area contributed by atoms with E-state index < -0.39 is 10.0 Å². The number of aryl methyl sites for hydroxylation is 1. The molecule has 0 bridgehead atoms. The molecule has 0 unspecified atom stereocenters. The van der Waals surface area contributed by atoms with E-state index in [1.54, 1.807) is 25.2 Å². The molecule has 1 aromatic carbocycles. The minimum absolute atomic E-state index is 0.0721. The molecule has 0 fully saturated rings. The van der Waals surface area contributed by atoms with Crippen molar-refractivity contribution in [2.24, 2.45) is 12.8 Å². The van der Waals surface area contributed by atoms with Crippen molar-refractivity contribution in [3.8, 4) is 0 Å².